The average Bonchev–Trinajstić information content (AvgIpc) is 2.47. The second kappa shape index (κ2) is 6.54. The van der Waals surface area contributed by atoms with Crippen molar-refractivity contribution in [2.45, 2.75) is 13.5 Å². The monoisotopic (exact) mass is 256 g/mol. The molecule has 4 heteroatoms. The molecule has 0 radical (unpaired) electrons. The predicted octanol–water partition coefficient (Wildman–Crippen LogP) is 2.87. The van der Waals surface area contributed by atoms with Crippen LogP contribution in [-0.4, -0.2) is 17.6 Å². The van der Waals surface area contributed by atoms with Gasteiger partial charge in [0.1, 0.15) is 0 Å². The minimum absolute atomic E-state index is 0.281. The molecule has 2 aromatic rings. The number of nitrogens with one attached hydrogen (secondary N) is 1. The van der Waals surface area contributed by atoms with E-state index in [1.165, 1.54) is 0 Å². The molecule has 0 saturated heterocycles. The standard InChI is InChI=1S/C15H16N2O2/c1-2-19-15(18)13-5-3-12(4-6-13)11-17-14-7-9-16-10-8-14/h3-10H,2,11H2,1H3,(H,16,17). The van der Waals surface area contributed by atoms with Crippen LogP contribution < -0.4 is 5.32 Å². The van der Waals surface area contributed by atoms with Crippen molar-refractivity contribution in [2.75, 3.05) is 11.9 Å². The first-order valence-electron chi connectivity index (χ1n) is 6.19. The summed E-state index contributed by atoms with van der Waals surface area (Å²) in [5, 5.41) is 3.28. The lowest BCUT2D eigenvalue weighted by atomic mass is 10.1. The molecule has 0 unspecified atom stereocenters. The summed E-state index contributed by atoms with van der Waals surface area (Å²) in [5.74, 6) is -0.281. The lowest BCUT2D eigenvalue weighted by Crippen LogP contribution is -2.05. The van der Waals surface area contributed by atoms with E-state index in [1.807, 2.05) is 24.3 Å². The van der Waals surface area contributed by atoms with E-state index in [-0.39, 0.29) is 5.97 Å². The van der Waals surface area contributed by atoms with Gasteiger partial charge in [0.2, 0.25) is 0 Å². The van der Waals surface area contributed by atoms with Crippen LogP contribution in [-0.2, 0) is 11.3 Å². The Balaban J connectivity index is 1.94. The summed E-state index contributed by atoms with van der Waals surface area (Å²) in [5.41, 5.74) is 2.70. The molecule has 1 aromatic carbocycles. The van der Waals surface area contributed by atoms with Gasteiger partial charge in [0.05, 0.1) is 12.2 Å². The van der Waals surface area contributed by atoms with E-state index in [0.29, 0.717) is 18.7 Å². The van der Waals surface area contributed by atoms with E-state index >= 15 is 0 Å². The summed E-state index contributed by atoms with van der Waals surface area (Å²) in [6.45, 7) is 2.89. The van der Waals surface area contributed by atoms with Crippen LogP contribution in [0.3, 0.4) is 0 Å². The second-order valence-corrected chi connectivity index (χ2v) is 4.01. The number of pyridine rings is 1. The summed E-state index contributed by atoms with van der Waals surface area (Å²) in [4.78, 5) is 15.4. The molecule has 4 nitrogen and oxygen atoms in total. The summed E-state index contributed by atoms with van der Waals surface area (Å²) >= 11 is 0. The Bertz CT molecular complexity index is 524. The molecule has 1 aromatic heterocycles. The van der Waals surface area contributed by atoms with Crippen LogP contribution in [0.15, 0.2) is 48.8 Å². The molecule has 98 valence electrons. The second-order valence-electron chi connectivity index (χ2n) is 4.01. The van der Waals surface area contributed by atoms with Gasteiger partial charge in [-0.3, -0.25) is 4.98 Å². The number of benzene rings is 1. The van der Waals surface area contributed by atoms with Crippen LogP contribution >= 0.6 is 0 Å². The normalized spacial score (nSPS) is 9.95. The number of rotatable bonds is 5. The smallest absolute Gasteiger partial charge is 0.338 e. The van der Waals surface area contributed by atoms with Gasteiger partial charge in [-0.1, -0.05) is 12.1 Å². The van der Waals surface area contributed by atoms with E-state index in [4.69, 9.17) is 4.74 Å². The number of carbonyl (C=O) groups is 1. The predicted molar refractivity (Wildman–Crippen MR) is 74.0 cm³/mol. The van der Waals surface area contributed by atoms with Crippen LogP contribution in [0.4, 0.5) is 5.69 Å². The van der Waals surface area contributed by atoms with Gasteiger partial charge < -0.3 is 10.1 Å². The maximum absolute atomic E-state index is 11.5. The van der Waals surface area contributed by atoms with Crippen LogP contribution in [0.2, 0.25) is 0 Å². The topological polar surface area (TPSA) is 51.2 Å². The summed E-state index contributed by atoms with van der Waals surface area (Å²) in [6, 6.07) is 11.2. The minimum Gasteiger partial charge on any atom is -0.462 e. The zero-order valence-corrected chi connectivity index (χ0v) is 10.8. The summed E-state index contributed by atoms with van der Waals surface area (Å²) in [6.07, 6.45) is 3.48. The van der Waals surface area contributed by atoms with E-state index in [9.17, 15) is 4.79 Å². The molecule has 0 amide bonds. The molecular weight excluding hydrogens is 240 g/mol. The Labute approximate surface area is 112 Å². The van der Waals surface area contributed by atoms with E-state index in [1.54, 1.807) is 31.5 Å². The Hall–Kier alpha value is -2.36. The highest BCUT2D eigenvalue weighted by atomic mass is 16.5. The fraction of sp³-hybridized carbons (Fsp3) is 0.200. The number of ether oxygens (including phenoxy) is 1. The number of esters is 1. The first-order chi connectivity index (χ1) is 9.29. The van der Waals surface area contributed by atoms with Gasteiger partial charge >= 0.3 is 5.97 Å². The van der Waals surface area contributed by atoms with E-state index < -0.39 is 0 Å². The summed E-state index contributed by atoms with van der Waals surface area (Å²) in [7, 11) is 0. The molecule has 1 heterocycles. The Morgan fingerprint density at radius 2 is 1.84 bits per heavy atom. The highest BCUT2D eigenvalue weighted by Gasteiger charge is 2.05. The highest BCUT2D eigenvalue weighted by molar-refractivity contribution is 5.89. The molecule has 1 N–H and O–H groups in total. The molecular formula is C15H16N2O2. The zero-order valence-electron chi connectivity index (χ0n) is 10.8. The molecule has 0 aliphatic carbocycles. The first kappa shape index (κ1) is 13.1. The van der Waals surface area contributed by atoms with Crippen molar-refractivity contribution in [3.05, 3.63) is 59.9 Å². The molecule has 2 rings (SSSR count). The first-order valence-corrected chi connectivity index (χ1v) is 6.19. The van der Waals surface area contributed by atoms with E-state index in [0.717, 1.165) is 11.3 Å². The van der Waals surface area contributed by atoms with Gasteiger partial charge in [0, 0.05) is 24.6 Å². The third-order valence-electron chi connectivity index (χ3n) is 2.64. The Kier molecular flexibility index (Phi) is 4.50. The largest absolute Gasteiger partial charge is 0.462 e. The van der Waals surface area contributed by atoms with Gasteiger partial charge in [-0.25, -0.2) is 4.79 Å². The molecule has 0 aliphatic rings. The highest BCUT2D eigenvalue weighted by Crippen LogP contribution is 2.09. The summed E-state index contributed by atoms with van der Waals surface area (Å²) < 4.78 is 4.94. The number of carbonyl (C=O) groups excluding carboxylic acids is 1. The Morgan fingerprint density at radius 1 is 1.16 bits per heavy atom. The fourth-order valence-electron chi connectivity index (χ4n) is 1.65. The number of aromatic nitrogens is 1. The van der Waals surface area contributed by atoms with Crippen LogP contribution in [0.1, 0.15) is 22.8 Å². The molecule has 0 saturated carbocycles. The van der Waals surface area contributed by atoms with Crippen molar-refractivity contribution in [3.63, 3.8) is 0 Å². The van der Waals surface area contributed by atoms with Gasteiger partial charge in [0.15, 0.2) is 0 Å². The number of hydrogen-bond acceptors (Lipinski definition) is 4. The van der Waals surface area contributed by atoms with Crippen molar-refractivity contribution in [1.82, 2.24) is 4.98 Å². The van der Waals surface area contributed by atoms with E-state index in [2.05, 4.69) is 10.3 Å². The number of anilines is 1. The lowest BCUT2D eigenvalue weighted by molar-refractivity contribution is 0.0526. The van der Waals surface area contributed by atoms with Crippen LogP contribution in [0, 0.1) is 0 Å². The molecule has 0 atom stereocenters. The van der Waals surface area contributed by atoms with Gasteiger partial charge in [-0.05, 0) is 36.8 Å². The maximum atomic E-state index is 11.5. The van der Waals surface area contributed by atoms with Gasteiger partial charge in [0.25, 0.3) is 0 Å². The number of hydrogen-bond donors (Lipinski definition) is 1. The molecule has 0 bridgehead atoms. The van der Waals surface area contributed by atoms with Crippen molar-refractivity contribution >= 4 is 11.7 Å². The fourth-order valence-corrected chi connectivity index (χ4v) is 1.65. The number of nitrogens with zero attached hydrogens (tertiary/aromatic N) is 1. The van der Waals surface area contributed by atoms with Crippen molar-refractivity contribution in [3.8, 4) is 0 Å². The minimum atomic E-state index is -0.281. The van der Waals surface area contributed by atoms with Crippen molar-refractivity contribution in [1.29, 1.82) is 0 Å². The van der Waals surface area contributed by atoms with Crippen molar-refractivity contribution < 1.29 is 9.53 Å². The van der Waals surface area contributed by atoms with Crippen LogP contribution in [0.25, 0.3) is 0 Å². The quantitative estimate of drug-likeness (QED) is 0.836. The van der Waals surface area contributed by atoms with Crippen molar-refractivity contribution in [2.24, 2.45) is 0 Å². The Morgan fingerprint density at radius 3 is 2.47 bits per heavy atom. The SMILES string of the molecule is CCOC(=O)c1ccc(CNc2ccncc2)cc1. The van der Waals surface area contributed by atoms with Gasteiger partial charge in [-0.2, -0.15) is 0 Å². The third-order valence-corrected chi connectivity index (χ3v) is 2.64. The third kappa shape index (κ3) is 3.81. The molecule has 0 fully saturated rings. The zero-order chi connectivity index (χ0) is 13.5. The van der Waals surface area contributed by atoms with Crippen LogP contribution in [0.5, 0.6) is 0 Å². The molecule has 0 aliphatic heterocycles. The average molecular weight is 256 g/mol. The van der Waals surface area contributed by atoms with Gasteiger partial charge in [-0.15, -0.1) is 0 Å². The molecule has 0 spiro atoms. The lowest BCUT2D eigenvalue weighted by Gasteiger charge is -2.07. The maximum Gasteiger partial charge on any atom is 0.338 e. The molecule has 19 heavy (non-hydrogen) atoms.